The molecular weight excluding hydrogens is 293 g/mol. The molecule has 3 atom stereocenters. The van der Waals surface area contributed by atoms with Gasteiger partial charge in [0.05, 0.1) is 6.10 Å². The molecule has 1 aliphatic rings. The monoisotopic (exact) mass is 323 g/mol. The van der Waals surface area contributed by atoms with Crippen molar-refractivity contribution < 1.29 is 24.0 Å². The third kappa shape index (κ3) is 7.73. The predicted octanol–water partition coefficient (Wildman–Crippen LogP) is 2.17. The van der Waals surface area contributed by atoms with E-state index in [0.717, 1.165) is 12.8 Å². The highest BCUT2D eigenvalue weighted by Crippen LogP contribution is 2.40. The van der Waals surface area contributed by atoms with Crippen molar-refractivity contribution in [2.75, 3.05) is 0 Å². The smallest absolute Gasteiger partial charge is 0.390 e. The van der Waals surface area contributed by atoms with Crippen LogP contribution in [0.1, 0.15) is 58.8 Å². The van der Waals surface area contributed by atoms with E-state index >= 15 is 0 Å². The number of rotatable bonds is 8. The average molecular weight is 323 g/mol. The molecule has 0 aromatic carbocycles. The van der Waals surface area contributed by atoms with Crippen LogP contribution in [0.2, 0.25) is 0 Å². The Balaban J connectivity index is 2.66. The summed E-state index contributed by atoms with van der Waals surface area (Å²) < 4.78 is 15.9. The summed E-state index contributed by atoms with van der Waals surface area (Å²) >= 11 is 0. The van der Waals surface area contributed by atoms with Crippen LogP contribution < -0.4 is 5.73 Å². The lowest BCUT2D eigenvalue weighted by molar-refractivity contribution is -0.0116. The first kappa shape index (κ1) is 19.1. The highest BCUT2D eigenvalue weighted by atomic mass is 31.2. The van der Waals surface area contributed by atoms with Gasteiger partial charge in [0.25, 0.3) is 0 Å². The molecule has 1 aliphatic carbocycles. The second kappa shape index (κ2) is 8.61. The molecule has 0 unspecified atom stereocenters. The topological polar surface area (TPSA) is 113 Å². The normalized spacial score (nSPS) is 22.2. The largest absolute Gasteiger partial charge is 0.469 e. The number of nitrogens with two attached hydrogens (primary N) is 1. The molecule has 0 spiro atoms. The first-order chi connectivity index (χ1) is 9.69. The third-order valence-electron chi connectivity index (χ3n) is 4.10. The van der Waals surface area contributed by atoms with Crippen LogP contribution in [0.25, 0.3) is 0 Å². The lowest BCUT2D eigenvalue weighted by atomic mass is 9.83. The van der Waals surface area contributed by atoms with Gasteiger partial charge in [-0.15, -0.1) is 0 Å². The van der Waals surface area contributed by atoms with Crippen LogP contribution in [-0.4, -0.2) is 33.1 Å². The van der Waals surface area contributed by atoms with E-state index in [1.165, 1.54) is 19.3 Å². The molecule has 1 rings (SSSR count). The fourth-order valence-electron chi connectivity index (χ4n) is 3.15. The third-order valence-corrected chi connectivity index (χ3v) is 4.62. The summed E-state index contributed by atoms with van der Waals surface area (Å²) in [6.07, 6.45) is 4.85. The minimum absolute atomic E-state index is 0.199. The molecule has 6 nitrogen and oxygen atoms in total. The maximum Gasteiger partial charge on any atom is 0.469 e. The highest BCUT2D eigenvalue weighted by Gasteiger charge is 2.34. The van der Waals surface area contributed by atoms with Gasteiger partial charge in [-0.05, 0) is 24.7 Å². The summed E-state index contributed by atoms with van der Waals surface area (Å²) in [7, 11) is -4.67. The quantitative estimate of drug-likeness (QED) is 0.509. The van der Waals surface area contributed by atoms with Gasteiger partial charge in [0.2, 0.25) is 0 Å². The highest BCUT2D eigenvalue weighted by molar-refractivity contribution is 7.46. The average Bonchev–Trinajstić information content (AvgIpc) is 2.35. The molecule has 0 bridgehead atoms. The van der Waals surface area contributed by atoms with Gasteiger partial charge in [0.15, 0.2) is 0 Å². The van der Waals surface area contributed by atoms with Crippen LogP contribution in [0.4, 0.5) is 0 Å². The van der Waals surface area contributed by atoms with Crippen molar-refractivity contribution >= 4 is 7.82 Å². The summed E-state index contributed by atoms with van der Waals surface area (Å²) in [6.45, 7) is 3.87. The Labute approximate surface area is 127 Å². The van der Waals surface area contributed by atoms with E-state index in [1.54, 1.807) is 0 Å². The van der Waals surface area contributed by atoms with E-state index in [9.17, 15) is 9.67 Å². The Morgan fingerprint density at radius 2 is 1.81 bits per heavy atom. The molecule has 5 N–H and O–H groups in total. The Morgan fingerprint density at radius 3 is 2.29 bits per heavy atom. The number of phosphoric ester groups is 1. The van der Waals surface area contributed by atoms with Crippen molar-refractivity contribution in [3.8, 4) is 0 Å². The molecule has 7 heteroatoms. The van der Waals surface area contributed by atoms with Crippen molar-refractivity contribution in [2.24, 2.45) is 17.6 Å². The first-order valence-electron chi connectivity index (χ1n) is 7.86. The van der Waals surface area contributed by atoms with E-state index in [1.807, 2.05) is 13.8 Å². The van der Waals surface area contributed by atoms with Crippen LogP contribution >= 0.6 is 7.82 Å². The second-order valence-corrected chi connectivity index (χ2v) is 7.85. The van der Waals surface area contributed by atoms with Gasteiger partial charge in [-0.2, -0.15) is 0 Å². The summed E-state index contributed by atoms with van der Waals surface area (Å²) in [4.78, 5) is 18.1. The van der Waals surface area contributed by atoms with E-state index < -0.39 is 26.1 Å². The molecule has 0 saturated heterocycles. The molecule has 0 aromatic rings. The number of aliphatic hydroxyl groups excluding tert-OH is 1. The molecule has 126 valence electrons. The fraction of sp³-hybridized carbons (Fsp3) is 1.00. The predicted molar refractivity (Wildman–Crippen MR) is 81.5 cm³/mol. The van der Waals surface area contributed by atoms with E-state index in [-0.39, 0.29) is 5.92 Å². The maximum atomic E-state index is 11.1. The summed E-state index contributed by atoms with van der Waals surface area (Å²) in [5.41, 5.74) is 6.10. The van der Waals surface area contributed by atoms with Crippen molar-refractivity contribution in [2.45, 2.75) is 77.0 Å². The molecule has 0 heterocycles. The fourth-order valence-corrected chi connectivity index (χ4v) is 3.77. The molecule has 0 aliphatic heterocycles. The number of aliphatic hydroxyl groups is 1. The van der Waals surface area contributed by atoms with Gasteiger partial charge in [-0.3, -0.25) is 4.52 Å². The SMILES string of the molecule is CC(C)C[C@H](O)[C@H](OP(=O)(O)O)[C@@H](N)CC1CCCCC1. The first-order valence-corrected chi connectivity index (χ1v) is 9.39. The molecule has 1 fully saturated rings. The van der Waals surface area contributed by atoms with E-state index in [2.05, 4.69) is 0 Å². The van der Waals surface area contributed by atoms with Crippen molar-refractivity contribution in [1.82, 2.24) is 0 Å². The van der Waals surface area contributed by atoms with Gasteiger partial charge in [-0.1, -0.05) is 46.0 Å². The molecule has 0 aromatic heterocycles. The lowest BCUT2D eigenvalue weighted by Gasteiger charge is -2.32. The van der Waals surface area contributed by atoms with Crippen LogP contribution in [0.15, 0.2) is 0 Å². The molecular formula is C14H30NO5P. The molecule has 0 amide bonds. The minimum Gasteiger partial charge on any atom is -0.390 e. The maximum absolute atomic E-state index is 11.1. The number of phosphoric acid groups is 1. The zero-order chi connectivity index (χ0) is 16.0. The Bertz CT molecular complexity index is 340. The Morgan fingerprint density at radius 1 is 1.24 bits per heavy atom. The van der Waals surface area contributed by atoms with Crippen LogP contribution in [0.5, 0.6) is 0 Å². The van der Waals surface area contributed by atoms with Crippen molar-refractivity contribution in [3.63, 3.8) is 0 Å². The molecule has 1 saturated carbocycles. The zero-order valence-electron chi connectivity index (χ0n) is 13.0. The number of hydrogen-bond acceptors (Lipinski definition) is 4. The van der Waals surface area contributed by atoms with E-state index in [0.29, 0.717) is 18.8 Å². The van der Waals surface area contributed by atoms with Crippen LogP contribution in [0.3, 0.4) is 0 Å². The van der Waals surface area contributed by atoms with Gasteiger partial charge in [0.1, 0.15) is 6.10 Å². The second-order valence-electron chi connectivity index (χ2n) is 6.66. The summed E-state index contributed by atoms with van der Waals surface area (Å²) in [5, 5.41) is 10.2. The number of hydrogen-bond donors (Lipinski definition) is 4. The van der Waals surface area contributed by atoms with E-state index in [4.69, 9.17) is 20.0 Å². The zero-order valence-corrected chi connectivity index (χ0v) is 13.9. The molecule has 21 heavy (non-hydrogen) atoms. The van der Waals surface area contributed by atoms with Crippen molar-refractivity contribution in [1.29, 1.82) is 0 Å². The van der Waals surface area contributed by atoms with Crippen LogP contribution in [0, 0.1) is 11.8 Å². The van der Waals surface area contributed by atoms with Crippen molar-refractivity contribution in [3.05, 3.63) is 0 Å². The van der Waals surface area contributed by atoms with Gasteiger partial charge in [-0.25, -0.2) is 4.57 Å². The lowest BCUT2D eigenvalue weighted by Crippen LogP contribution is -2.46. The Hall–Kier alpha value is 0.0300. The minimum atomic E-state index is -4.67. The summed E-state index contributed by atoms with van der Waals surface area (Å²) in [6, 6.07) is -0.561. The van der Waals surface area contributed by atoms with Gasteiger partial charge >= 0.3 is 7.82 Å². The van der Waals surface area contributed by atoms with Gasteiger partial charge in [0, 0.05) is 6.04 Å². The van der Waals surface area contributed by atoms with Gasteiger partial charge < -0.3 is 20.6 Å². The van der Waals surface area contributed by atoms with Crippen LogP contribution in [-0.2, 0) is 9.09 Å². The Kier molecular flexibility index (Phi) is 7.82. The molecule has 0 radical (unpaired) electrons. The summed E-state index contributed by atoms with van der Waals surface area (Å²) in [5.74, 6) is 0.660. The standard InChI is InChI=1S/C14H30NO5P/c1-10(2)8-13(16)14(20-21(17,18)19)12(15)9-11-6-4-3-5-7-11/h10-14,16H,3-9,15H2,1-2H3,(H2,17,18,19)/t12-,13-,14+/m0/s1.